The van der Waals surface area contributed by atoms with Crippen LogP contribution in [0.5, 0.6) is 0 Å². The number of esters is 1. The van der Waals surface area contributed by atoms with E-state index in [0.717, 1.165) is 0 Å². The molecule has 2 aliphatic heterocycles. The highest BCUT2D eigenvalue weighted by Gasteiger charge is 2.47. The summed E-state index contributed by atoms with van der Waals surface area (Å²) in [5, 5.41) is 58.9. The standard InChI is InChI=1S/C16H28O11/c1-3-6(2)14(23)27-16-13(22)11(20)10(19)8(26-16)5-25-15-12(21)9(18)7(17)4-24-15/h6-13,15-22H,3-5H2,1-2H3/t6-,7-,8-,9+,10-,11+,12-,13-,15+,16+/m1/s1. The summed E-state index contributed by atoms with van der Waals surface area (Å²) in [4.78, 5) is 11.9. The number of carbonyl (C=O) groups excluding carboxylic acids is 1. The summed E-state index contributed by atoms with van der Waals surface area (Å²) in [6.45, 7) is 2.73. The van der Waals surface area contributed by atoms with Crippen molar-refractivity contribution in [2.24, 2.45) is 5.92 Å². The van der Waals surface area contributed by atoms with Crippen molar-refractivity contribution in [1.82, 2.24) is 0 Å². The molecule has 0 saturated carbocycles. The second-order valence-electron chi connectivity index (χ2n) is 6.84. The van der Waals surface area contributed by atoms with Crippen molar-refractivity contribution in [3.05, 3.63) is 0 Å². The molecule has 0 unspecified atom stereocenters. The van der Waals surface area contributed by atoms with E-state index >= 15 is 0 Å². The van der Waals surface area contributed by atoms with E-state index in [9.17, 15) is 35.4 Å². The lowest BCUT2D eigenvalue weighted by atomic mass is 9.99. The maximum atomic E-state index is 11.9. The predicted molar refractivity (Wildman–Crippen MR) is 85.9 cm³/mol. The fourth-order valence-corrected chi connectivity index (χ4v) is 2.66. The summed E-state index contributed by atoms with van der Waals surface area (Å²) in [5.74, 6) is -1.08. The van der Waals surface area contributed by atoms with Crippen molar-refractivity contribution in [3.8, 4) is 0 Å². The Morgan fingerprint density at radius 3 is 2.26 bits per heavy atom. The molecule has 0 bridgehead atoms. The maximum absolute atomic E-state index is 11.9. The molecule has 2 rings (SSSR count). The molecule has 0 aromatic carbocycles. The molecule has 2 heterocycles. The molecule has 0 spiro atoms. The summed E-state index contributed by atoms with van der Waals surface area (Å²) in [6, 6.07) is 0. The van der Waals surface area contributed by atoms with Crippen molar-refractivity contribution < 1.29 is 54.4 Å². The molecule has 2 saturated heterocycles. The van der Waals surface area contributed by atoms with Gasteiger partial charge in [0.15, 0.2) is 6.29 Å². The van der Waals surface area contributed by atoms with Gasteiger partial charge >= 0.3 is 5.97 Å². The molecule has 158 valence electrons. The second-order valence-corrected chi connectivity index (χ2v) is 6.84. The lowest BCUT2D eigenvalue weighted by Gasteiger charge is -2.41. The third-order valence-electron chi connectivity index (χ3n) is 4.79. The first-order valence-corrected chi connectivity index (χ1v) is 8.84. The van der Waals surface area contributed by atoms with Gasteiger partial charge in [-0.1, -0.05) is 13.8 Å². The molecule has 0 radical (unpaired) electrons. The van der Waals surface area contributed by atoms with Crippen LogP contribution in [0.25, 0.3) is 0 Å². The number of aliphatic hydroxyl groups excluding tert-OH is 6. The first-order valence-electron chi connectivity index (χ1n) is 8.84. The predicted octanol–water partition coefficient (Wildman–Crippen LogP) is -3.16. The number of hydrogen-bond acceptors (Lipinski definition) is 11. The summed E-state index contributed by atoms with van der Waals surface area (Å²) < 4.78 is 20.7. The molecule has 11 nitrogen and oxygen atoms in total. The summed E-state index contributed by atoms with van der Waals surface area (Å²) >= 11 is 0. The van der Waals surface area contributed by atoms with Gasteiger partial charge in [0.25, 0.3) is 0 Å². The molecular formula is C16H28O11. The third-order valence-corrected chi connectivity index (χ3v) is 4.79. The molecule has 0 aromatic rings. The molecule has 0 aromatic heterocycles. The summed E-state index contributed by atoms with van der Waals surface area (Å²) in [6.07, 6.45) is -12.7. The number of ether oxygens (including phenoxy) is 4. The lowest BCUT2D eigenvalue weighted by Crippen LogP contribution is -2.60. The Morgan fingerprint density at radius 1 is 1.00 bits per heavy atom. The third kappa shape index (κ3) is 5.13. The zero-order valence-corrected chi connectivity index (χ0v) is 15.1. The van der Waals surface area contributed by atoms with Gasteiger partial charge in [-0.3, -0.25) is 4.79 Å². The molecule has 11 heteroatoms. The molecule has 2 aliphatic rings. The number of aliphatic hydroxyl groups is 6. The molecule has 10 atom stereocenters. The quantitative estimate of drug-likeness (QED) is 0.250. The van der Waals surface area contributed by atoms with Crippen LogP contribution in [-0.4, -0.2) is 105 Å². The number of rotatable bonds is 6. The van der Waals surface area contributed by atoms with Crippen LogP contribution in [0.2, 0.25) is 0 Å². The van der Waals surface area contributed by atoms with Gasteiger partial charge in [0.2, 0.25) is 6.29 Å². The molecule has 0 amide bonds. The van der Waals surface area contributed by atoms with Crippen molar-refractivity contribution in [2.75, 3.05) is 13.2 Å². The fraction of sp³-hybridized carbons (Fsp3) is 0.938. The molecular weight excluding hydrogens is 368 g/mol. The van der Waals surface area contributed by atoms with Crippen molar-refractivity contribution >= 4 is 5.97 Å². The van der Waals surface area contributed by atoms with Crippen LogP contribution >= 0.6 is 0 Å². The largest absolute Gasteiger partial charge is 0.433 e. The lowest BCUT2D eigenvalue weighted by molar-refractivity contribution is -0.315. The van der Waals surface area contributed by atoms with Crippen molar-refractivity contribution in [3.63, 3.8) is 0 Å². The number of carbonyl (C=O) groups is 1. The van der Waals surface area contributed by atoms with Gasteiger partial charge in [0.1, 0.15) is 42.7 Å². The average Bonchev–Trinajstić information content (AvgIpc) is 2.66. The van der Waals surface area contributed by atoms with Gasteiger partial charge in [-0.15, -0.1) is 0 Å². The SMILES string of the molecule is CC[C@@H](C)C(=O)O[C@@H]1O[C@H](CO[C@@H]2OC[C@@H](O)[C@H](O)[C@H]2O)[C@@H](O)[C@H](O)[C@H]1O. The Labute approximate surface area is 156 Å². The molecule has 0 aliphatic carbocycles. The van der Waals surface area contributed by atoms with E-state index in [2.05, 4.69) is 0 Å². The highest BCUT2D eigenvalue weighted by Crippen LogP contribution is 2.25. The van der Waals surface area contributed by atoms with Crippen LogP contribution in [-0.2, 0) is 23.7 Å². The second kappa shape index (κ2) is 9.54. The van der Waals surface area contributed by atoms with Crippen LogP contribution in [0.3, 0.4) is 0 Å². The first kappa shape index (κ1) is 22.4. The Balaban J connectivity index is 1.96. The minimum atomic E-state index is -1.66. The Bertz CT molecular complexity index is 489. The van der Waals surface area contributed by atoms with Crippen LogP contribution in [0.1, 0.15) is 20.3 Å². The van der Waals surface area contributed by atoms with E-state index in [1.165, 1.54) is 0 Å². The van der Waals surface area contributed by atoms with E-state index in [-0.39, 0.29) is 6.61 Å². The smallest absolute Gasteiger partial charge is 0.311 e. The van der Waals surface area contributed by atoms with Gasteiger partial charge in [0.05, 0.1) is 19.1 Å². The number of hydrogen-bond donors (Lipinski definition) is 6. The van der Waals surface area contributed by atoms with Gasteiger partial charge in [-0.2, -0.15) is 0 Å². The van der Waals surface area contributed by atoms with E-state index in [1.807, 2.05) is 0 Å². The highest BCUT2D eigenvalue weighted by atomic mass is 16.7. The van der Waals surface area contributed by atoms with Crippen LogP contribution < -0.4 is 0 Å². The highest BCUT2D eigenvalue weighted by molar-refractivity contribution is 5.72. The Kier molecular flexibility index (Phi) is 7.92. The normalized spacial score (nSPS) is 43.9. The fourth-order valence-electron chi connectivity index (χ4n) is 2.66. The Hall–Kier alpha value is -0.890. The van der Waals surface area contributed by atoms with Crippen LogP contribution in [0.15, 0.2) is 0 Å². The average molecular weight is 396 g/mol. The van der Waals surface area contributed by atoms with E-state index < -0.39 is 73.8 Å². The van der Waals surface area contributed by atoms with Gasteiger partial charge in [0, 0.05) is 0 Å². The van der Waals surface area contributed by atoms with Crippen molar-refractivity contribution in [2.45, 2.75) is 75.6 Å². The van der Waals surface area contributed by atoms with Crippen LogP contribution in [0, 0.1) is 5.92 Å². The van der Waals surface area contributed by atoms with Crippen LogP contribution in [0.4, 0.5) is 0 Å². The maximum Gasteiger partial charge on any atom is 0.311 e. The monoisotopic (exact) mass is 396 g/mol. The summed E-state index contributed by atoms with van der Waals surface area (Å²) in [7, 11) is 0. The van der Waals surface area contributed by atoms with Gasteiger partial charge in [-0.25, -0.2) is 0 Å². The van der Waals surface area contributed by atoms with Gasteiger partial charge in [-0.05, 0) is 6.42 Å². The summed E-state index contributed by atoms with van der Waals surface area (Å²) in [5.41, 5.74) is 0. The van der Waals surface area contributed by atoms with E-state index in [1.54, 1.807) is 13.8 Å². The first-order chi connectivity index (χ1) is 12.7. The minimum absolute atomic E-state index is 0.270. The molecule has 27 heavy (non-hydrogen) atoms. The Morgan fingerprint density at radius 2 is 1.63 bits per heavy atom. The van der Waals surface area contributed by atoms with Gasteiger partial charge < -0.3 is 49.6 Å². The molecule has 6 N–H and O–H groups in total. The molecule has 2 fully saturated rings. The zero-order valence-electron chi connectivity index (χ0n) is 15.1. The van der Waals surface area contributed by atoms with Crippen molar-refractivity contribution in [1.29, 1.82) is 0 Å². The minimum Gasteiger partial charge on any atom is -0.433 e. The van der Waals surface area contributed by atoms with E-state index in [0.29, 0.717) is 6.42 Å². The topological polar surface area (TPSA) is 175 Å². The van der Waals surface area contributed by atoms with E-state index in [4.69, 9.17) is 18.9 Å². The zero-order chi connectivity index (χ0) is 20.3.